The summed E-state index contributed by atoms with van der Waals surface area (Å²) in [4.78, 5) is 7.23. The molecule has 0 aliphatic rings. The Labute approximate surface area is 122 Å². The number of para-hydroxylation sites is 1. The van der Waals surface area contributed by atoms with Crippen LogP contribution < -0.4 is 10.2 Å². The van der Waals surface area contributed by atoms with Crippen LogP contribution in [0.3, 0.4) is 0 Å². The van der Waals surface area contributed by atoms with Gasteiger partial charge in [-0.1, -0.05) is 32.0 Å². The minimum atomic E-state index is 0.541. The van der Waals surface area contributed by atoms with E-state index in [0.717, 1.165) is 30.7 Å². The van der Waals surface area contributed by atoms with Gasteiger partial charge in [0.25, 0.3) is 0 Å². The fourth-order valence-corrected chi connectivity index (χ4v) is 2.78. The molecule has 1 aromatic heterocycles. The predicted octanol–water partition coefficient (Wildman–Crippen LogP) is 3.58. The van der Waals surface area contributed by atoms with Gasteiger partial charge < -0.3 is 10.2 Å². The van der Waals surface area contributed by atoms with Crippen molar-refractivity contribution in [2.24, 2.45) is 0 Å². The van der Waals surface area contributed by atoms with Crippen LogP contribution >= 0.6 is 0 Å². The molecule has 0 saturated carbocycles. The van der Waals surface area contributed by atoms with Gasteiger partial charge in [-0.3, -0.25) is 0 Å². The second-order valence-corrected chi connectivity index (χ2v) is 5.28. The van der Waals surface area contributed by atoms with E-state index in [1.54, 1.807) is 0 Å². The molecule has 1 heterocycles. The van der Waals surface area contributed by atoms with E-state index >= 15 is 0 Å². The van der Waals surface area contributed by atoms with Gasteiger partial charge in [-0.05, 0) is 32.0 Å². The fraction of sp³-hybridized carbons (Fsp3) is 0.471. The quantitative estimate of drug-likeness (QED) is 0.870. The lowest BCUT2D eigenvalue weighted by Crippen LogP contribution is -2.32. The molecular weight excluding hydrogens is 246 g/mol. The van der Waals surface area contributed by atoms with E-state index in [9.17, 15) is 0 Å². The van der Waals surface area contributed by atoms with Crippen molar-refractivity contribution < 1.29 is 0 Å². The molecular formula is C17H25N3. The Morgan fingerprint density at radius 2 is 1.90 bits per heavy atom. The maximum Gasteiger partial charge on any atom is 0.133 e. The minimum absolute atomic E-state index is 0.541. The monoisotopic (exact) mass is 271 g/mol. The molecule has 3 heteroatoms. The molecule has 0 aliphatic heterocycles. The lowest BCUT2D eigenvalue weighted by molar-refractivity contribution is 0.584. The van der Waals surface area contributed by atoms with Crippen molar-refractivity contribution in [3.63, 3.8) is 0 Å². The number of nitrogens with zero attached hydrogens (tertiary/aromatic N) is 2. The van der Waals surface area contributed by atoms with Gasteiger partial charge in [0.1, 0.15) is 5.82 Å². The van der Waals surface area contributed by atoms with Crippen LogP contribution in [-0.4, -0.2) is 25.1 Å². The summed E-state index contributed by atoms with van der Waals surface area (Å²) in [5.41, 5.74) is 2.33. The molecule has 0 amide bonds. The van der Waals surface area contributed by atoms with Gasteiger partial charge in [0, 0.05) is 30.6 Å². The summed E-state index contributed by atoms with van der Waals surface area (Å²) in [5, 5.41) is 4.46. The average Bonchev–Trinajstić information content (AvgIpc) is 2.48. The van der Waals surface area contributed by atoms with Crippen molar-refractivity contribution in [3.05, 3.63) is 35.9 Å². The SMILES string of the molecule is CCC(CC)N(C)c1nc2ccccc2cc1CNC. The van der Waals surface area contributed by atoms with Gasteiger partial charge in [0.05, 0.1) is 5.52 Å². The Hall–Kier alpha value is -1.61. The van der Waals surface area contributed by atoms with Crippen molar-refractivity contribution in [3.8, 4) is 0 Å². The van der Waals surface area contributed by atoms with E-state index in [0.29, 0.717) is 6.04 Å². The van der Waals surface area contributed by atoms with Crippen molar-refractivity contribution in [1.82, 2.24) is 10.3 Å². The first kappa shape index (κ1) is 14.8. The molecule has 2 rings (SSSR count). The summed E-state index contributed by atoms with van der Waals surface area (Å²) in [6.07, 6.45) is 2.28. The van der Waals surface area contributed by atoms with Crippen molar-refractivity contribution in [1.29, 1.82) is 0 Å². The van der Waals surface area contributed by atoms with Gasteiger partial charge in [0.2, 0.25) is 0 Å². The van der Waals surface area contributed by atoms with E-state index in [-0.39, 0.29) is 0 Å². The first-order chi connectivity index (χ1) is 9.71. The summed E-state index contributed by atoms with van der Waals surface area (Å²) < 4.78 is 0. The van der Waals surface area contributed by atoms with Crippen LogP contribution in [0.25, 0.3) is 10.9 Å². The zero-order valence-electron chi connectivity index (χ0n) is 13.0. The minimum Gasteiger partial charge on any atom is -0.356 e. The second-order valence-electron chi connectivity index (χ2n) is 5.28. The summed E-state index contributed by atoms with van der Waals surface area (Å²) in [5.74, 6) is 1.10. The third-order valence-electron chi connectivity index (χ3n) is 3.97. The number of benzene rings is 1. The van der Waals surface area contributed by atoms with Crippen LogP contribution in [0.2, 0.25) is 0 Å². The number of anilines is 1. The maximum absolute atomic E-state index is 4.90. The molecule has 3 nitrogen and oxygen atoms in total. The van der Waals surface area contributed by atoms with E-state index in [2.05, 4.69) is 55.4 Å². The van der Waals surface area contributed by atoms with Gasteiger partial charge in [-0.25, -0.2) is 4.98 Å². The van der Waals surface area contributed by atoms with Gasteiger partial charge >= 0.3 is 0 Å². The third-order valence-corrected chi connectivity index (χ3v) is 3.97. The maximum atomic E-state index is 4.90. The topological polar surface area (TPSA) is 28.2 Å². The number of rotatable bonds is 6. The fourth-order valence-electron chi connectivity index (χ4n) is 2.78. The Kier molecular flexibility index (Phi) is 4.96. The molecule has 0 spiro atoms. The Balaban J connectivity index is 2.50. The first-order valence-electron chi connectivity index (χ1n) is 7.47. The zero-order valence-corrected chi connectivity index (χ0v) is 13.0. The molecule has 0 atom stereocenters. The molecule has 0 radical (unpaired) electrons. The highest BCUT2D eigenvalue weighted by molar-refractivity contribution is 5.81. The largest absolute Gasteiger partial charge is 0.356 e. The molecule has 1 aromatic carbocycles. The molecule has 0 aliphatic carbocycles. The molecule has 108 valence electrons. The second kappa shape index (κ2) is 6.71. The highest BCUT2D eigenvalue weighted by atomic mass is 15.2. The van der Waals surface area contributed by atoms with Gasteiger partial charge in [-0.15, -0.1) is 0 Å². The lowest BCUT2D eigenvalue weighted by Gasteiger charge is -2.29. The standard InChI is InChI=1S/C17H25N3/c1-5-15(6-2)20(4)17-14(12-18-3)11-13-9-7-8-10-16(13)19-17/h7-11,15,18H,5-6,12H2,1-4H3. The Morgan fingerprint density at radius 3 is 2.55 bits per heavy atom. The van der Waals surface area contributed by atoms with Crippen LogP contribution in [0, 0.1) is 0 Å². The number of aromatic nitrogens is 1. The number of fused-ring (bicyclic) bond motifs is 1. The third kappa shape index (κ3) is 2.93. The zero-order chi connectivity index (χ0) is 14.5. The summed E-state index contributed by atoms with van der Waals surface area (Å²) in [6, 6.07) is 11.1. The van der Waals surface area contributed by atoms with E-state index in [4.69, 9.17) is 4.98 Å². The number of hydrogen-bond donors (Lipinski definition) is 1. The van der Waals surface area contributed by atoms with E-state index in [1.807, 2.05) is 13.1 Å². The van der Waals surface area contributed by atoms with Crippen LogP contribution in [0.1, 0.15) is 32.3 Å². The van der Waals surface area contributed by atoms with Crippen molar-refractivity contribution >= 4 is 16.7 Å². The number of pyridine rings is 1. The molecule has 0 unspecified atom stereocenters. The van der Waals surface area contributed by atoms with E-state index in [1.165, 1.54) is 10.9 Å². The highest BCUT2D eigenvalue weighted by Crippen LogP contribution is 2.25. The Bertz CT molecular complexity index is 561. The number of hydrogen-bond acceptors (Lipinski definition) is 3. The van der Waals surface area contributed by atoms with E-state index < -0.39 is 0 Å². The first-order valence-corrected chi connectivity index (χ1v) is 7.47. The predicted molar refractivity (Wildman–Crippen MR) is 87.3 cm³/mol. The molecule has 0 bridgehead atoms. The highest BCUT2D eigenvalue weighted by Gasteiger charge is 2.16. The van der Waals surface area contributed by atoms with Crippen molar-refractivity contribution in [2.75, 3.05) is 19.0 Å². The average molecular weight is 271 g/mol. The Morgan fingerprint density at radius 1 is 1.20 bits per heavy atom. The van der Waals surface area contributed by atoms with Crippen LogP contribution in [0.5, 0.6) is 0 Å². The van der Waals surface area contributed by atoms with Crippen LogP contribution in [0.15, 0.2) is 30.3 Å². The molecule has 2 aromatic rings. The van der Waals surface area contributed by atoms with Crippen LogP contribution in [0.4, 0.5) is 5.82 Å². The molecule has 20 heavy (non-hydrogen) atoms. The van der Waals surface area contributed by atoms with Crippen molar-refractivity contribution in [2.45, 2.75) is 39.3 Å². The molecule has 0 saturated heterocycles. The smallest absolute Gasteiger partial charge is 0.133 e. The van der Waals surface area contributed by atoms with Crippen LogP contribution in [-0.2, 0) is 6.54 Å². The summed E-state index contributed by atoms with van der Waals surface area (Å²) >= 11 is 0. The molecule has 0 fully saturated rings. The summed E-state index contributed by atoms with van der Waals surface area (Å²) in [6.45, 7) is 5.32. The molecule has 1 N–H and O–H groups in total. The lowest BCUT2D eigenvalue weighted by atomic mass is 10.1. The number of nitrogens with one attached hydrogen (secondary N) is 1. The summed E-state index contributed by atoms with van der Waals surface area (Å²) in [7, 11) is 4.14. The van der Waals surface area contributed by atoms with Gasteiger partial charge in [-0.2, -0.15) is 0 Å². The normalized spacial score (nSPS) is 11.2. The van der Waals surface area contributed by atoms with Gasteiger partial charge in [0.15, 0.2) is 0 Å².